The van der Waals surface area contributed by atoms with Crippen molar-refractivity contribution in [2.45, 2.75) is 50.7 Å². The normalized spacial score (nSPS) is 17.4. The minimum absolute atomic E-state index is 0.0907. The molecule has 3 heterocycles. The zero-order valence-electron chi connectivity index (χ0n) is 23.5. The molecule has 1 saturated carbocycles. The summed E-state index contributed by atoms with van der Waals surface area (Å²) in [6.45, 7) is 4.59. The monoisotopic (exact) mass is 564 g/mol. The van der Waals surface area contributed by atoms with Gasteiger partial charge in [-0.15, -0.1) is 0 Å². The highest BCUT2D eigenvalue weighted by molar-refractivity contribution is 5.97. The summed E-state index contributed by atoms with van der Waals surface area (Å²) in [4.78, 5) is 37.5. The molecule has 2 fully saturated rings. The van der Waals surface area contributed by atoms with E-state index in [0.29, 0.717) is 47.4 Å². The number of carbonyl (C=O) groups excluding carboxylic acids is 1. The molecule has 11 nitrogen and oxygen atoms in total. The van der Waals surface area contributed by atoms with Crippen LogP contribution in [0.3, 0.4) is 0 Å². The molecule has 214 valence electrons. The van der Waals surface area contributed by atoms with E-state index in [1.807, 2.05) is 44.2 Å². The number of rotatable bonds is 8. The lowest BCUT2D eigenvalue weighted by Crippen LogP contribution is -2.40. The molecule has 0 unspecified atom stereocenters. The van der Waals surface area contributed by atoms with E-state index in [1.54, 1.807) is 39.8 Å². The fourth-order valence-corrected chi connectivity index (χ4v) is 5.53. The topological polar surface area (TPSA) is 144 Å². The Morgan fingerprint density at radius 2 is 1.81 bits per heavy atom. The quantitative estimate of drug-likeness (QED) is 0.243. The number of para-hydroxylation sites is 1. The summed E-state index contributed by atoms with van der Waals surface area (Å²) >= 11 is 0. The minimum Gasteiger partial charge on any atom is -0.457 e. The van der Waals surface area contributed by atoms with Crippen molar-refractivity contribution < 1.29 is 9.53 Å². The second-order valence-electron chi connectivity index (χ2n) is 11.3. The maximum Gasteiger partial charge on any atom is 0.335 e. The largest absolute Gasteiger partial charge is 0.457 e. The Labute approximate surface area is 242 Å². The van der Waals surface area contributed by atoms with Crippen molar-refractivity contribution in [2.75, 3.05) is 18.8 Å². The SMILES string of the molecule is CC(C)(/C=C(/C#N)C(=O)N1CC[C@H](n2c(=O)n(-c3ccc(Oc4ccccc4)cc3)c3c(N)ncnc32)C1)NC1CC1. The second-order valence-corrected chi connectivity index (χ2v) is 11.3. The molecule has 2 aromatic carbocycles. The highest BCUT2D eigenvalue weighted by atomic mass is 16.5. The molecule has 1 saturated heterocycles. The fourth-order valence-electron chi connectivity index (χ4n) is 5.53. The number of nitriles is 1. The van der Waals surface area contributed by atoms with E-state index < -0.39 is 5.54 Å². The number of amides is 1. The highest BCUT2D eigenvalue weighted by Gasteiger charge is 2.34. The number of nitrogens with zero attached hydrogens (tertiary/aromatic N) is 6. The average Bonchev–Trinajstić information content (AvgIpc) is 3.54. The van der Waals surface area contributed by atoms with E-state index in [0.717, 1.165) is 12.8 Å². The number of ether oxygens (including phenoxy) is 1. The summed E-state index contributed by atoms with van der Waals surface area (Å²) in [6.07, 6.45) is 5.77. The molecule has 4 aromatic rings. The molecule has 2 aliphatic rings. The number of likely N-dealkylation sites (tertiary alicyclic amines) is 1. The van der Waals surface area contributed by atoms with Crippen LogP contribution in [-0.2, 0) is 4.79 Å². The van der Waals surface area contributed by atoms with Crippen LogP contribution in [0.2, 0.25) is 0 Å². The number of hydrogen-bond acceptors (Lipinski definition) is 8. The maximum absolute atomic E-state index is 14.0. The molecule has 0 bridgehead atoms. The molecular weight excluding hydrogens is 532 g/mol. The van der Waals surface area contributed by atoms with Crippen molar-refractivity contribution in [3.63, 3.8) is 0 Å². The minimum atomic E-state index is -0.485. The molecule has 42 heavy (non-hydrogen) atoms. The van der Waals surface area contributed by atoms with Crippen molar-refractivity contribution in [3.05, 3.63) is 83.1 Å². The van der Waals surface area contributed by atoms with Gasteiger partial charge in [0.15, 0.2) is 11.5 Å². The van der Waals surface area contributed by atoms with Gasteiger partial charge in [-0.2, -0.15) is 5.26 Å². The Balaban J connectivity index is 1.29. The Kier molecular flexibility index (Phi) is 7.00. The van der Waals surface area contributed by atoms with Gasteiger partial charge in [0.25, 0.3) is 5.91 Å². The first kappa shape index (κ1) is 27.2. The van der Waals surface area contributed by atoms with Gasteiger partial charge in [-0.1, -0.05) is 18.2 Å². The van der Waals surface area contributed by atoms with Crippen molar-refractivity contribution in [3.8, 4) is 23.3 Å². The van der Waals surface area contributed by atoms with E-state index in [9.17, 15) is 14.9 Å². The van der Waals surface area contributed by atoms with Gasteiger partial charge in [-0.3, -0.25) is 13.9 Å². The Bertz CT molecular complexity index is 1760. The molecule has 6 rings (SSSR count). The molecule has 3 N–H and O–H groups in total. The first-order valence-electron chi connectivity index (χ1n) is 14.0. The summed E-state index contributed by atoms with van der Waals surface area (Å²) in [7, 11) is 0. The molecule has 0 radical (unpaired) electrons. The zero-order valence-corrected chi connectivity index (χ0v) is 23.5. The Morgan fingerprint density at radius 3 is 2.50 bits per heavy atom. The van der Waals surface area contributed by atoms with Crippen molar-refractivity contribution in [1.29, 1.82) is 5.26 Å². The first-order chi connectivity index (χ1) is 20.2. The van der Waals surface area contributed by atoms with Gasteiger partial charge in [0.05, 0.1) is 11.7 Å². The molecule has 1 atom stereocenters. The lowest BCUT2D eigenvalue weighted by atomic mass is 10.0. The molecule has 1 amide bonds. The number of imidazole rings is 1. The van der Waals surface area contributed by atoms with Crippen LogP contribution in [0.4, 0.5) is 5.82 Å². The lowest BCUT2D eigenvalue weighted by molar-refractivity contribution is -0.125. The Morgan fingerprint density at radius 1 is 1.10 bits per heavy atom. The van der Waals surface area contributed by atoms with Crippen LogP contribution in [0, 0.1) is 11.3 Å². The van der Waals surface area contributed by atoms with Crippen molar-refractivity contribution in [1.82, 2.24) is 29.3 Å². The standard InChI is InChI=1S/C31H32N8O3/c1-31(2,36-21-8-9-21)16-20(17-32)29(40)37-15-14-23(18-37)39-28-26(27(33)34-19-35-28)38(30(39)41)22-10-12-25(13-11-22)42-24-6-4-3-5-7-24/h3-7,10-13,16,19,21,23,36H,8-9,14-15,18H2,1-2H3,(H2,33,34,35)/b20-16-/t23-/m0/s1. The van der Waals surface area contributed by atoms with Crippen LogP contribution < -0.4 is 21.5 Å². The summed E-state index contributed by atoms with van der Waals surface area (Å²) in [6, 6.07) is 18.7. The number of hydrogen-bond donors (Lipinski definition) is 2. The van der Waals surface area contributed by atoms with Crippen LogP contribution in [0.15, 0.2) is 77.4 Å². The van der Waals surface area contributed by atoms with Crippen LogP contribution in [-0.4, -0.2) is 54.6 Å². The first-order valence-corrected chi connectivity index (χ1v) is 14.0. The van der Waals surface area contributed by atoms with Gasteiger partial charge in [0.1, 0.15) is 35.0 Å². The third kappa shape index (κ3) is 5.36. The number of nitrogens with two attached hydrogens (primary N) is 1. The van der Waals surface area contributed by atoms with Crippen LogP contribution in [0.1, 0.15) is 39.2 Å². The van der Waals surface area contributed by atoms with Crippen LogP contribution in [0.25, 0.3) is 16.9 Å². The predicted molar refractivity (Wildman–Crippen MR) is 158 cm³/mol. The summed E-state index contributed by atoms with van der Waals surface area (Å²) in [5, 5.41) is 13.3. The molecule has 1 aliphatic heterocycles. The third-order valence-corrected chi connectivity index (χ3v) is 7.58. The van der Waals surface area contributed by atoms with Crippen molar-refractivity contribution in [2.24, 2.45) is 0 Å². The molecule has 1 aliphatic carbocycles. The number of carbonyl (C=O) groups is 1. The van der Waals surface area contributed by atoms with E-state index in [4.69, 9.17) is 10.5 Å². The molecule has 11 heteroatoms. The highest BCUT2D eigenvalue weighted by Crippen LogP contribution is 2.30. The number of aromatic nitrogens is 4. The summed E-state index contributed by atoms with van der Waals surface area (Å²) in [5.41, 5.74) is 6.92. The Hall–Kier alpha value is -4.95. The number of nitrogens with one attached hydrogen (secondary N) is 1. The third-order valence-electron chi connectivity index (χ3n) is 7.58. The van der Waals surface area contributed by atoms with Gasteiger partial charge in [-0.25, -0.2) is 14.8 Å². The summed E-state index contributed by atoms with van der Waals surface area (Å²) in [5.74, 6) is 1.15. The number of anilines is 1. The predicted octanol–water partition coefficient (Wildman–Crippen LogP) is 3.71. The van der Waals surface area contributed by atoms with Gasteiger partial charge in [0, 0.05) is 24.7 Å². The van der Waals surface area contributed by atoms with Gasteiger partial charge >= 0.3 is 5.69 Å². The number of fused-ring (bicyclic) bond motifs is 1. The van der Waals surface area contributed by atoms with Gasteiger partial charge in [-0.05, 0) is 75.6 Å². The van der Waals surface area contributed by atoms with E-state index in [-0.39, 0.29) is 35.6 Å². The molecular formula is C31H32N8O3. The van der Waals surface area contributed by atoms with Crippen molar-refractivity contribution >= 4 is 22.9 Å². The van der Waals surface area contributed by atoms with Gasteiger partial charge in [0.2, 0.25) is 0 Å². The fraction of sp³-hybridized carbons (Fsp3) is 0.323. The van der Waals surface area contributed by atoms with E-state index in [1.165, 1.54) is 10.9 Å². The number of benzene rings is 2. The van der Waals surface area contributed by atoms with E-state index >= 15 is 0 Å². The van der Waals surface area contributed by atoms with Crippen LogP contribution >= 0.6 is 0 Å². The smallest absolute Gasteiger partial charge is 0.335 e. The summed E-state index contributed by atoms with van der Waals surface area (Å²) < 4.78 is 8.98. The molecule has 2 aromatic heterocycles. The average molecular weight is 565 g/mol. The van der Waals surface area contributed by atoms with Crippen LogP contribution in [0.5, 0.6) is 11.5 Å². The lowest BCUT2D eigenvalue weighted by Gasteiger charge is -2.24. The zero-order chi connectivity index (χ0) is 29.4. The van der Waals surface area contributed by atoms with E-state index in [2.05, 4.69) is 21.4 Å². The van der Waals surface area contributed by atoms with Gasteiger partial charge < -0.3 is 20.7 Å². The maximum atomic E-state index is 14.0. The molecule has 0 spiro atoms. The second kappa shape index (κ2) is 10.8. The number of nitrogen functional groups attached to an aromatic ring is 1.